The third-order valence-electron chi connectivity index (χ3n) is 10.0. The zero-order valence-electron chi connectivity index (χ0n) is 33.1. The maximum atomic E-state index is 8.96. The number of aryl methyl sites for hydroxylation is 3. The first-order valence-electron chi connectivity index (χ1n) is 19.3. The fourth-order valence-corrected chi connectivity index (χ4v) is 9.69. The number of pyridine rings is 2. The fourth-order valence-electron chi connectivity index (χ4n) is 7.41. The van der Waals surface area contributed by atoms with Gasteiger partial charge in [-0.2, -0.15) is 11.3 Å². The smallest absolute Gasteiger partial charge is 0.0795 e. The second kappa shape index (κ2) is 16.5. The Labute approximate surface area is 332 Å². The molecule has 0 saturated heterocycles. The van der Waals surface area contributed by atoms with E-state index >= 15 is 0 Å². The molecule has 3 heterocycles. The predicted molar refractivity (Wildman–Crippen MR) is 223 cm³/mol. The van der Waals surface area contributed by atoms with E-state index in [2.05, 4.69) is 106 Å². The molecule has 7 aromatic rings. The van der Waals surface area contributed by atoms with Crippen molar-refractivity contribution in [2.75, 3.05) is 0 Å². The topological polar surface area (TPSA) is 25.8 Å². The van der Waals surface area contributed by atoms with Crippen LogP contribution in [-0.4, -0.2) is 18.0 Å². The average molecular weight is 895 g/mol. The molecular weight excluding hydrogens is 845 g/mol. The molecule has 4 aromatic carbocycles. The van der Waals surface area contributed by atoms with E-state index in [9.17, 15) is 0 Å². The van der Waals surface area contributed by atoms with Crippen molar-refractivity contribution in [3.63, 3.8) is 0 Å². The molecule has 0 aliphatic heterocycles. The van der Waals surface area contributed by atoms with Gasteiger partial charge >= 0.3 is 0 Å². The summed E-state index contributed by atoms with van der Waals surface area (Å²) in [5.41, 5.74) is 11.0. The average Bonchev–Trinajstić information content (AvgIpc) is 3.53. The molecule has 0 atom stereocenters. The third-order valence-corrected chi connectivity index (χ3v) is 13.2. The van der Waals surface area contributed by atoms with Crippen LogP contribution >= 0.6 is 11.3 Å². The molecule has 52 heavy (non-hydrogen) atoms. The Balaban J connectivity index is 0.000000246. The molecular formula is C47H48IrN2SSi-2. The Morgan fingerprint density at radius 2 is 1.58 bits per heavy atom. The molecule has 8 rings (SSSR count). The number of fused-ring (bicyclic) bond motifs is 3. The number of rotatable bonds is 6. The maximum Gasteiger partial charge on any atom is 0.0795 e. The molecule has 0 bridgehead atoms. The third kappa shape index (κ3) is 8.56. The summed E-state index contributed by atoms with van der Waals surface area (Å²) in [6.07, 6.45) is 7.85. The van der Waals surface area contributed by atoms with Crippen molar-refractivity contribution in [3.05, 3.63) is 138 Å². The van der Waals surface area contributed by atoms with Crippen molar-refractivity contribution >= 4 is 44.8 Å². The van der Waals surface area contributed by atoms with Crippen molar-refractivity contribution in [1.29, 1.82) is 0 Å². The maximum absolute atomic E-state index is 8.96. The van der Waals surface area contributed by atoms with E-state index in [1.807, 2.05) is 48.7 Å². The van der Waals surface area contributed by atoms with Gasteiger partial charge in [0.2, 0.25) is 0 Å². The standard InChI is InChI=1S/C33H32NS.C14H16NSi.Ir/c1-21-16-22(2)32(23(3)17-21)26-12-13-27-28-10-7-11-29(33(28)35-31(27)20-26)30-19-25(14-15-34-30)18-24-8-5-4-6-9-24;1-16(2,3)13-9-10-14(15-11-13)12-7-5-4-6-8-12;/h7,10,12-17,19-20,24H,4-6,8-9,18H2,1-3H3;4-7,9-11H,1-3H3;/q2*-1;/i18D2;;. The van der Waals surface area contributed by atoms with Crippen molar-refractivity contribution in [2.45, 2.75) is 78.9 Å². The summed E-state index contributed by atoms with van der Waals surface area (Å²) in [6.45, 7) is 13.5. The van der Waals surface area contributed by atoms with Crippen LogP contribution in [0.4, 0.5) is 0 Å². The van der Waals surface area contributed by atoms with E-state index in [0.29, 0.717) is 0 Å². The quantitative estimate of drug-likeness (QED) is 0.123. The number of thiophene rings is 1. The molecule has 1 saturated carbocycles. The van der Waals surface area contributed by atoms with Gasteiger partial charge in [-0.05, 0) is 94.1 Å². The van der Waals surface area contributed by atoms with Crippen LogP contribution < -0.4 is 5.19 Å². The number of benzene rings is 4. The first-order chi connectivity index (χ1) is 25.4. The first kappa shape index (κ1) is 35.3. The van der Waals surface area contributed by atoms with Gasteiger partial charge in [0.1, 0.15) is 0 Å². The minimum atomic E-state index is -1.34. The molecule has 0 unspecified atom stereocenters. The molecule has 3 aromatic heterocycles. The molecule has 0 N–H and O–H groups in total. The van der Waals surface area contributed by atoms with Crippen LogP contribution in [0.25, 0.3) is 53.8 Å². The molecule has 1 aliphatic carbocycles. The monoisotopic (exact) mass is 895 g/mol. The van der Waals surface area contributed by atoms with Gasteiger partial charge < -0.3 is 9.97 Å². The van der Waals surface area contributed by atoms with Gasteiger partial charge in [0.05, 0.1) is 8.07 Å². The summed E-state index contributed by atoms with van der Waals surface area (Å²) in [7, 11) is -1.23. The molecule has 267 valence electrons. The summed E-state index contributed by atoms with van der Waals surface area (Å²) in [6, 6.07) is 38.2. The van der Waals surface area contributed by atoms with Crippen LogP contribution in [0.15, 0.2) is 103 Å². The van der Waals surface area contributed by atoms with Crippen molar-refractivity contribution in [2.24, 2.45) is 5.92 Å². The number of hydrogen-bond donors (Lipinski definition) is 0. The Morgan fingerprint density at radius 1 is 0.788 bits per heavy atom. The van der Waals surface area contributed by atoms with Crippen molar-refractivity contribution in [1.82, 2.24) is 9.97 Å². The Kier molecular flexibility index (Phi) is 11.2. The Bertz CT molecular complexity index is 2350. The second-order valence-corrected chi connectivity index (χ2v) is 21.2. The summed E-state index contributed by atoms with van der Waals surface area (Å²) >= 11 is 1.78. The van der Waals surface area contributed by atoms with E-state index in [1.54, 1.807) is 17.5 Å². The summed E-state index contributed by atoms with van der Waals surface area (Å²) in [5, 5.41) is 3.85. The van der Waals surface area contributed by atoms with Gasteiger partial charge in [0, 0.05) is 39.9 Å². The minimum absolute atomic E-state index is 0. The molecule has 1 aliphatic rings. The van der Waals surface area contributed by atoms with Crippen LogP contribution in [0, 0.1) is 38.8 Å². The second-order valence-electron chi connectivity index (χ2n) is 15.0. The van der Waals surface area contributed by atoms with Gasteiger partial charge in [0.25, 0.3) is 0 Å². The zero-order chi connectivity index (χ0) is 37.3. The largest absolute Gasteiger partial charge is 0.305 e. The van der Waals surface area contributed by atoms with Crippen molar-refractivity contribution in [3.8, 4) is 33.6 Å². The Hall–Kier alpha value is -3.73. The van der Waals surface area contributed by atoms with E-state index in [-0.39, 0.29) is 26.0 Å². The summed E-state index contributed by atoms with van der Waals surface area (Å²) in [4.78, 5) is 9.21. The van der Waals surface area contributed by atoms with E-state index in [4.69, 9.17) is 7.73 Å². The van der Waals surface area contributed by atoms with E-state index in [0.717, 1.165) is 58.5 Å². The van der Waals surface area contributed by atoms with Gasteiger partial charge in [-0.3, -0.25) is 0 Å². The van der Waals surface area contributed by atoms with E-state index < -0.39 is 14.4 Å². The van der Waals surface area contributed by atoms with Crippen LogP contribution in [0.5, 0.6) is 0 Å². The van der Waals surface area contributed by atoms with Crippen LogP contribution in [0.1, 0.15) is 57.1 Å². The van der Waals surface area contributed by atoms with Crippen molar-refractivity contribution < 1.29 is 22.8 Å². The number of aromatic nitrogens is 2. The van der Waals surface area contributed by atoms with Crippen LogP contribution in [-0.2, 0) is 26.5 Å². The van der Waals surface area contributed by atoms with Gasteiger partial charge in [-0.1, -0.05) is 111 Å². The van der Waals surface area contributed by atoms with Crippen LogP contribution in [0.2, 0.25) is 19.6 Å². The first-order valence-corrected chi connectivity index (χ1v) is 22.6. The normalized spacial score (nSPS) is 14.3. The minimum Gasteiger partial charge on any atom is -0.305 e. The zero-order valence-corrected chi connectivity index (χ0v) is 35.3. The number of hydrogen-bond acceptors (Lipinski definition) is 3. The van der Waals surface area contributed by atoms with E-state index in [1.165, 1.54) is 54.9 Å². The molecule has 0 amide bonds. The Morgan fingerprint density at radius 3 is 2.27 bits per heavy atom. The van der Waals surface area contributed by atoms with Crippen LogP contribution in [0.3, 0.4) is 0 Å². The summed E-state index contributed by atoms with van der Waals surface area (Å²) in [5.74, 6) is 0.0766. The van der Waals surface area contributed by atoms with Gasteiger partial charge in [-0.15, -0.1) is 59.7 Å². The molecule has 2 nitrogen and oxygen atoms in total. The van der Waals surface area contributed by atoms with Gasteiger partial charge in [-0.25, -0.2) is 0 Å². The fraction of sp³-hybridized carbons (Fsp3) is 0.277. The molecule has 0 spiro atoms. The predicted octanol–water partition coefficient (Wildman–Crippen LogP) is 12.7. The molecule has 1 radical (unpaired) electrons. The summed E-state index contributed by atoms with van der Waals surface area (Å²) < 4.78 is 20.3. The molecule has 1 fully saturated rings. The molecule has 5 heteroatoms. The SMILES string of the molecule is C[Si](C)(C)c1ccc(-c2[c-]cccc2)nc1.[2H]C([2H])(c1ccnc(-c2[c-]ccc3c2sc2cc(-c4c(C)cc(C)cc4C)ccc23)c1)C1CCCCC1.[Ir]. The number of nitrogens with zero attached hydrogens (tertiary/aromatic N) is 2. The van der Waals surface area contributed by atoms with Gasteiger partial charge in [0.15, 0.2) is 0 Å².